The van der Waals surface area contributed by atoms with Gasteiger partial charge in [0.25, 0.3) is 0 Å². The predicted molar refractivity (Wildman–Crippen MR) is 65.2 cm³/mol. The molecule has 0 aliphatic heterocycles. The number of rotatable bonds is 2. The van der Waals surface area contributed by atoms with Gasteiger partial charge in [0.2, 0.25) is 0 Å². The van der Waals surface area contributed by atoms with Crippen molar-refractivity contribution < 1.29 is 0 Å². The molecule has 3 nitrogen and oxygen atoms in total. The molecule has 1 unspecified atom stereocenters. The van der Waals surface area contributed by atoms with Gasteiger partial charge in [-0.1, -0.05) is 6.08 Å². The molecule has 0 saturated heterocycles. The van der Waals surface area contributed by atoms with Gasteiger partial charge in [0.05, 0.1) is 11.4 Å². The van der Waals surface area contributed by atoms with Crippen LogP contribution < -0.4 is 5.73 Å². The van der Waals surface area contributed by atoms with Gasteiger partial charge in [-0.15, -0.1) is 11.3 Å². The smallest absolute Gasteiger partial charge is 0.194 e. The molecule has 0 fully saturated rings. The molecule has 2 aromatic rings. The molecule has 0 aromatic carbocycles. The van der Waals surface area contributed by atoms with Crippen LogP contribution in [0.1, 0.15) is 24.0 Å². The van der Waals surface area contributed by atoms with Crippen LogP contribution in [0.4, 0.5) is 0 Å². The Morgan fingerprint density at radius 3 is 2.93 bits per heavy atom. The predicted octanol–water partition coefficient (Wildman–Crippen LogP) is 2.37. The highest BCUT2D eigenvalue weighted by Crippen LogP contribution is 2.21. The second kappa shape index (κ2) is 3.79. The van der Waals surface area contributed by atoms with Crippen molar-refractivity contribution in [3.8, 4) is 0 Å². The molecule has 0 aliphatic carbocycles. The van der Waals surface area contributed by atoms with E-state index >= 15 is 0 Å². The van der Waals surface area contributed by atoms with Crippen LogP contribution >= 0.6 is 11.3 Å². The van der Waals surface area contributed by atoms with Gasteiger partial charge >= 0.3 is 0 Å². The third-order valence-corrected chi connectivity index (χ3v) is 3.26. The fraction of sp³-hybridized carbons (Fsp3) is 0.364. The molecule has 15 heavy (non-hydrogen) atoms. The molecule has 2 N–H and O–H groups in total. The lowest BCUT2D eigenvalue weighted by atomic mass is 10.2. The summed E-state index contributed by atoms with van der Waals surface area (Å²) in [6.45, 7) is 6.08. The van der Waals surface area contributed by atoms with Gasteiger partial charge in [0.15, 0.2) is 4.96 Å². The summed E-state index contributed by atoms with van der Waals surface area (Å²) in [6.07, 6.45) is 4.05. The molecule has 1 atom stereocenters. The highest BCUT2D eigenvalue weighted by atomic mass is 32.1. The van der Waals surface area contributed by atoms with E-state index in [4.69, 9.17) is 5.73 Å². The van der Waals surface area contributed by atoms with Crippen LogP contribution in [-0.4, -0.2) is 15.4 Å². The van der Waals surface area contributed by atoms with E-state index in [0.717, 1.165) is 16.3 Å². The third-order valence-electron chi connectivity index (χ3n) is 2.31. The van der Waals surface area contributed by atoms with Crippen molar-refractivity contribution in [1.29, 1.82) is 0 Å². The lowest BCUT2D eigenvalue weighted by Crippen LogP contribution is -2.10. The molecule has 0 bridgehead atoms. The lowest BCUT2D eigenvalue weighted by Gasteiger charge is -1.98. The maximum absolute atomic E-state index is 5.70. The Morgan fingerprint density at radius 2 is 2.27 bits per heavy atom. The summed E-state index contributed by atoms with van der Waals surface area (Å²) in [6, 6.07) is 0.0777. The summed E-state index contributed by atoms with van der Waals surface area (Å²) in [5, 5.41) is 2.12. The Labute approximate surface area is 93.2 Å². The number of hydrogen-bond donors (Lipinski definition) is 1. The third kappa shape index (κ3) is 1.82. The number of hydrogen-bond acceptors (Lipinski definition) is 3. The van der Waals surface area contributed by atoms with E-state index in [0.29, 0.717) is 0 Å². The first-order valence-electron chi connectivity index (χ1n) is 4.96. The molecule has 0 radical (unpaired) electrons. The Morgan fingerprint density at radius 1 is 1.53 bits per heavy atom. The molecule has 4 heteroatoms. The number of nitrogens with zero attached hydrogens (tertiary/aromatic N) is 2. The van der Waals surface area contributed by atoms with Crippen molar-refractivity contribution >= 4 is 22.4 Å². The summed E-state index contributed by atoms with van der Waals surface area (Å²) in [5.41, 5.74) is 9.12. The van der Waals surface area contributed by atoms with Gasteiger partial charge in [0.1, 0.15) is 0 Å². The van der Waals surface area contributed by atoms with E-state index in [2.05, 4.69) is 27.8 Å². The van der Waals surface area contributed by atoms with Crippen LogP contribution in [0.3, 0.4) is 0 Å². The monoisotopic (exact) mass is 221 g/mol. The van der Waals surface area contributed by atoms with E-state index in [1.54, 1.807) is 11.3 Å². The molecular weight excluding hydrogens is 206 g/mol. The first kappa shape index (κ1) is 10.4. The van der Waals surface area contributed by atoms with Gasteiger partial charge in [-0.05, 0) is 26.8 Å². The minimum atomic E-state index is 0.0777. The number of fused-ring (bicyclic) bond motifs is 1. The van der Waals surface area contributed by atoms with Gasteiger partial charge in [-0.3, -0.25) is 4.40 Å². The SMILES string of the molecule is Cc1nc2scc(C)n2c1/C=C/C(C)N. The molecule has 0 amide bonds. The van der Waals surface area contributed by atoms with Crippen LogP contribution in [-0.2, 0) is 0 Å². The molecule has 0 spiro atoms. The summed E-state index contributed by atoms with van der Waals surface area (Å²) in [7, 11) is 0. The highest BCUT2D eigenvalue weighted by Gasteiger charge is 2.09. The van der Waals surface area contributed by atoms with Crippen LogP contribution in [0.2, 0.25) is 0 Å². The minimum absolute atomic E-state index is 0.0777. The van der Waals surface area contributed by atoms with Crippen molar-refractivity contribution in [1.82, 2.24) is 9.38 Å². The second-order valence-electron chi connectivity index (χ2n) is 3.80. The van der Waals surface area contributed by atoms with Crippen molar-refractivity contribution in [3.05, 3.63) is 28.5 Å². The first-order chi connectivity index (χ1) is 7.09. The zero-order valence-corrected chi connectivity index (χ0v) is 10.0. The van der Waals surface area contributed by atoms with Crippen molar-refractivity contribution in [3.63, 3.8) is 0 Å². The van der Waals surface area contributed by atoms with E-state index in [9.17, 15) is 0 Å². The molecule has 80 valence electrons. The fourth-order valence-corrected chi connectivity index (χ4v) is 2.48. The topological polar surface area (TPSA) is 43.3 Å². The first-order valence-corrected chi connectivity index (χ1v) is 5.84. The average Bonchev–Trinajstić information content (AvgIpc) is 2.64. The Kier molecular flexibility index (Phi) is 2.63. The standard InChI is InChI=1S/C11H15N3S/c1-7(12)4-5-10-9(3)13-11-14(10)8(2)6-15-11/h4-7H,12H2,1-3H3/b5-4+. The van der Waals surface area contributed by atoms with Crippen molar-refractivity contribution in [2.75, 3.05) is 0 Å². The van der Waals surface area contributed by atoms with Crippen LogP contribution in [0.5, 0.6) is 0 Å². The minimum Gasteiger partial charge on any atom is -0.325 e. The summed E-state index contributed by atoms with van der Waals surface area (Å²) < 4.78 is 2.17. The number of thiazole rings is 1. The molecule has 2 aromatic heterocycles. The quantitative estimate of drug-likeness (QED) is 0.846. The number of aromatic nitrogens is 2. The Balaban J connectivity index is 2.57. The number of nitrogens with two attached hydrogens (primary N) is 1. The normalized spacial score (nSPS) is 14.1. The van der Waals surface area contributed by atoms with Gasteiger partial charge < -0.3 is 5.73 Å². The summed E-state index contributed by atoms with van der Waals surface area (Å²) >= 11 is 1.67. The van der Waals surface area contributed by atoms with Crippen LogP contribution in [0.15, 0.2) is 11.5 Å². The Hall–Kier alpha value is -1.13. The Bertz CT molecular complexity index is 505. The van der Waals surface area contributed by atoms with Gasteiger partial charge in [0, 0.05) is 17.1 Å². The van der Waals surface area contributed by atoms with Crippen LogP contribution in [0, 0.1) is 13.8 Å². The molecule has 2 rings (SSSR count). The van der Waals surface area contributed by atoms with E-state index in [1.165, 1.54) is 5.69 Å². The van der Waals surface area contributed by atoms with Gasteiger partial charge in [-0.2, -0.15) is 0 Å². The van der Waals surface area contributed by atoms with Crippen molar-refractivity contribution in [2.45, 2.75) is 26.8 Å². The van der Waals surface area contributed by atoms with E-state index in [1.807, 2.05) is 19.9 Å². The van der Waals surface area contributed by atoms with Crippen molar-refractivity contribution in [2.24, 2.45) is 5.73 Å². The average molecular weight is 221 g/mol. The molecule has 0 aliphatic rings. The van der Waals surface area contributed by atoms with Crippen LogP contribution in [0.25, 0.3) is 11.0 Å². The van der Waals surface area contributed by atoms with E-state index in [-0.39, 0.29) is 6.04 Å². The number of aryl methyl sites for hydroxylation is 2. The molecular formula is C11H15N3S. The maximum Gasteiger partial charge on any atom is 0.194 e. The lowest BCUT2D eigenvalue weighted by molar-refractivity contribution is 0.929. The largest absolute Gasteiger partial charge is 0.325 e. The number of imidazole rings is 1. The molecule has 0 saturated carbocycles. The van der Waals surface area contributed by atoms with Gasteiger partial charge in [-0.25, -0.2) is 4.98 Å². The zero-order chi connectivity index (χ0) is 11.0. The highest BCUT2D eigenvalue weighted by molar-refractivity contribution is 7.15. The summed E-state index contributed by atoms with van der Waals surface area (Å²) in [4.78, 5) is 5.55. The van der Waals surface area contributed by atoms with E-state index < -0.39 is 0 Å². The zero-order valence-electron chi connectivity index (χ0n) is 9.19. The maximum atomic E-state index is 5.70. The fourth-order valence-electron chi connectivity index (χ4n) is 1.56. The summed E-state index contributed by atoms with van der Waals surface area (Å²) in [5.74, 6) is 0. The molecule has 2 heterocycles. The second-order valence-corrected chi connectivity index (χ2v) is 4.63.